The molecule has 0 aliphatic carbocycles. The Morgan fingerprint density at radius 1 is 1.03 bits per heavy atom. The molecule has 0 saturated heterocycles. The molecular weight excluding hydrogens is 419 g/mol. The van der Waals surface area contributed by atoms with E-state index in [1.165, 1.54) is 30.3 Å². The van der Waals surface area contributed by atoms with E-state index in [9.17, 15) is 26.0 Å². The van der Waals surface area contributed by atoms with Crippen molar-refractivity contribution in [1.82, 2.24) is 5.32 Å². The van der Waals surface area contributed by atoms with Gasteiger partial charge in [-0.25, -0.2) is 21.2 Å². The molecule has 2 aromatic carbocycles. The zero-order chi connectivity index (χ0) is 21.8. The monoisotopic (exact) mass is 442 g/mol. The normalized spacial score (nSPS) is 13.0. The molecule has 29 heavy (non-hydrogen) atoms. The number of nitrogens with zero attached hydrogens (tertiary/aromatic N) is 1. The van der Waals surface area contributed by atoms with Gasteiger partial charge in [-0.2, -0.15) is 0 Å². The van der Waals surface area contributed by atoms with Crippen molar-refractivity contribution in [3.63, 3.8) is 0 Å². The fourth-order valence-corrected chi connectivity index (χ4v) is 4.26. The summed E-state index contributed by atoms with van der Waals surface area (Å²) in [6, 6.07) is 10.9. The van der Waals surface area contributed by atoms with E-state index in [1.54, 1.807) is 12.1 Å². The second kappa shape index (κ2) is 8.91. The lowest BCUT2D eigenvalue weighted by atomic mass is 10.0. The van der Waals surface area contributed by atoms with Gasteiger partial charge < -0.3 is 5.32 Å². The van der Waals surface area contributed by atoms with Gasteiger partial charge in [-0.3, -0.25) is 9.10 Å². The minimum absolute atomic E-state index is 0.158. The van der Waals surface area contributed by atoms with Gasteiger partial charge in [0.15, 0.2) is 9.84 Å². The van der Waals surface area contributed by atoms with Crippen LogP contribution in [-0.4, -0.2) is 41.8 Å². The van der Waals surface area contributed by atoms with E-state index in [-0.39, 0.29) is 10.6 Å². The van der Waals surface area contributed by atoms with Crippen LogP contribution in [0.25, 0.3) is 0 Å². The highest BCUT2D eigenvalue weighted by molar-refractivity contribution is 7.92. The van der Waals surface area contributed by atoms with E-state index in [4.69, 9.17) is 0 Å². The van der Waals surface area contributed by atoms with Gasteiger partial charge in [0.05, 0.1) is 22.9 Å². The Morgan fingerprint density at radius 3 is 2.10 bits per heavy atom. The highest BCUT2D eigenvalue weighted by atomic mass is 32.2. The molecule has 1 atom stereocenters. The summed E-state index contributed by atoms with van der Waals surface area (Å²) in [5.41, 5.74) is 0.459. The Hall–Kier alpha value is -2.46. The Kier molecular flexibility index (Phi) is 7.02. The van der Waals surface area contributed by atoms with Crippen LogP contribution in [0.1, 0.15) is 24.9 Å². The largest absolute Gasteiger partial charge is 0.348 e. The van der Waals surface area contributed by atoms with Crippen LogP contribution in [0.3, 0.4) is 0 Å². The fraction of sp³-hybridized carbons (Fsp3) is 0.316. The maximum Gasteiger partial charge on any atom is 0.241 e. The lowest BCUT2D eigenvalue weighted by Crippen LogP contribution is -2.41. The van der Waals surface area contributed by atoms with E-state index in [0.29, 0.717) is 16.3 Å². The first-order valence-corrected chi connectivity index (χ1v) is 12.5. The van der Waals surface area contributed by atoms with Crippen LogP contribution in [0.5, 0.6) is 0 Å². The average Bonchev–Trinajstić information content (AvgIpc) is 2.63. The Morgan fingerprint density at radius 2 is 1.62 bits per heavy atom. The second-order valence-electron chi connectivity index (χ2n) is 6.59. The van der Waals surface area contributed by atoms with Crippen LogP contribution in [-0.2, 0) is 24.7 Å². The third-order valence-electron chi connectivity index (χ3n) is 4.26. The number of amides is 1. The summed E-state index contributed by atoms with van der Waals surface area (Å²) in [6.45, 7) is 1.23. The van der Waals surface area contributed by atoms with E-state index >= 15 is 0 Å². The van der Waals surface area contributed by atoms with E-state index < -0.39 is 44.2 Å². The van der Waals surface area contributed by atoms with Gasteiger partial charge in [-0.15, -0.1) is 0 Å². The molecular formula is C19H23FN2O5S2. The van der Waals surface area contributed by atoms with Gasteiger partial charge in [-0.05, 0) is 36.2 Å². The van der Waals surface area contributed by atoms with Crippen LogP contribution in [0.15, 0.2) is 53.4 Å². The molecule has 0 aliphatic heterocycles. The first kappa shape index (κ1) is 22.8. The Balaban J connectivity index is 2.21. The zero-order valence-electron chi connectivity index (χ0n) is 16.3. The Bertz CT molecular complexity index is 1080. The molecule has 0 unspecified atom stereocenters. The predicted molar refractivity (Wildman–Crippen MR) is 109 cm³/mol. The van der Waals surface area contributed by atoms with Gasteiger partial charge >= 0.3 is 0 Å². The minimum Gasteiger partial charge on any atom is -0.348 e. The van der Waals surface area contributed by atoms with E-state index in [1.807, 2.05) is 6.92 Å². The highest BCUT2D eigenvalue weighted by Crippen LogP contribution is 2.22. The van der Waals surface area contributed by atoms with Crippen molar-refractivity contribution in [2.24, 2.45) is 0 Å². The number of sulfonamides is 1. The molecule has 0 aromatic heterocycles. The Labute approximate surface area is 170 Å². The average molecular weight is 443 g/mol. The summed E-state index contributed by atoms with van der Waals surface area (Å²) in [5, 5.41) is 2.72. The molecule has 0 heterocycles. The first-order chi connectivity index (χ1) is 13.4. The number of nitrogens with one attached hydrogen (secondary N) is 1. The number of anilines is 1. The number of hydrogen-bond donors (Lipinski definition) is 1. The maximum atomic E-state index is 14.1. The number of carbonyl (C=O) groups is 1. The van der Waals surface area contributed by atoms with Crippen molar-refractivity contribution in [2.75, 3.05) is 23.4 Å². The van der Waals surface area contributed by atoms with Crippen LogP contribution in [0.2, 0.25) is 0 Å². The molecule has 0 spiro atoms. The van der Waals surface area contributed by atoms with Crippen molar-refractivity contribution in [3.8, 4) is 0 Å². The molecule has 158 valence electrons. The molecule has 0 bridgehead atoms. The highest BCUT2D eigenvalue weighted by Gasteiger charge is 2.24. The number of rotatable bonds is 8. The second-order valence-corrected chi connectivity index (χ2v) is 10.5. The third kappa shape index (κ3) is 6.01. The van der Waals surface area contributed by atoms with Crippen molar-refractivity contribution in [2.45, 2.75) is 24.3 Å². The van der Waals surface area contributed by atoms with Gasteiger partial charge in [-0.1, -0.05) is 31.2 Å². The molecule has 0 aliphatic rings. The van der Waals surface area contributed by atoms with Crippen molar-refractivity contribution in [3.05, 3.63) is 59.9 Å². The quantitative estimate of drug-likeness (QED) is 0.676. The van der Waals surface area contributed by atoms with Crippen LogP contribution < -0.4 is 9.62 Å². The minimum atomic E-state index is -3.90. The smallest absolute Gasteiger partial charge is 0.241 e. The molecule has 2 rings (SSSR count). The number of sulfone groups is 1. The number of hydrogen-bond acceptors (Lipinski definition) is 5. The lowest BCUT2D eigenvalue weighted by Gasteiger charge is -2.24. The standard InChI is InChI=1S/C19H23FN2O5S2/c1-4-17(14-9-11-15(12-10-14)28(2,24)25)21-19(23)13-22(29(3,26)27)18-8-6-5-7-16(18)20/h5-12,17H,4,13H2,1-3H3,(H,21,23)/t17-/m0/s1. The van der Waals surface area contributed by atoms with Crippen LogP contribution >= 0.6 is 0 Å². The van der Waals surface area contributed by atoms with Gasteiger partial charge in [0.1, 0.15) is 12.4 Å². The third-order valence-corrected chi connectivity index (χ3v) is 6.52. The molecule has 0 radical (unpaired) electrons. The number of para-hydroxylation sites is 1. The molecule has 1 amide bonds. The molecule has 0 fully saturated rings. The van der Waals surface area contributed by atoms with Gasteiger partial charge in [0.25, 0.3) is 0 Å². The number of carbonyl (C=O) groups excluding carboxylic acids is 1. The first-order valence-electron chi connectivity index (χ1n) is 8.75. The van der Waals surface area contributed by atoms with E-state index in [0.717, 1.165) is 18.6 Å². The predicted octanol–water partition coefficient (Wildman–Crippen LogP) is 2.26. The molecule has 7 nitrogen and oxygen atoms in total. The number of halogens is 1. The SMILES string of the molecule is CC[C@H](NC(=O)CN(c1ccccc1F)S(C)(=O)=O)c1ccc(S(C)(=O)=O)cc1. The van der Waals surface area contributed by atoms with Gasteiger partial charge in [0, 0.05) is 6.26 Å². The van der Waals surface area contributed by atoms with E-state index in [2.05, 4.69) is 5.32 Å². The van der Waals surface area contributed by atoms with Gasteiger partial charge in [0.2, 0.25) is 15.9 Å². The summed E-state index contributed by atoms with van der Waals surface area (Å²) >= 11 is 0. The van der Waals surface area contributed by atoms with Crippen LogP contribution in [0.4, 0.5) is 10.1 Å². The molecule has 0 saturated carbocycles. The van der Waals surface area contributed by atoms with Crippen molar-refractivity contribution in [1.29, 1.82) is 0 Å². The van der Waals surface area contributed by atoms with Crippen molar-refractivity contribution >= 4 is 31.5 Å². The molecule has 1 N–H and O–H groups in total. The summed E-state index contributed by atoms with van der Waals surface area (Å²) in [6.07, 6.45) is 2.49. The van der Waals surface area contributed by atoms with Crippen molar-refractivity contribution < 1.29 is 26.0 Å². The molecule has 2 aromatic rings. The number of benzene rings is 2. The molecule has 10 heteroatoms. The topological polar surface area (TPSA) is 101 Å². The fourth-order valence-electron chi connectivity index (χ4n) is 2.77. The summed E-state index contributed by atoms with van der Waals surface area (Å²) < 4.78 is 62.1. The maximum absolute atomic E-state index is 14.1. The van der Waals surface area contributed by atoms with Crippen LogP contribution in [0, 0.1) is 5.82 Å². The lowest BCUT2D eigenvalue weighted by molar-refractivity contribution is -0.120. The summed E-state index contributed by atoms with van der Waals surface area (Å²) in [7, 11) is -7.24. The summed E-state index contributed by atoms with van der Waals surface area (Å²) in [4.78, 5) is 12.7. The zero-order valence-corrected chi connectivity index (χ0v) is 17.9. The summed E-state index contributed by atoms with van der Waals surface area (Å²) in [5.74, 6) is -1.37.